The molecule has 7 nitrogen and oxygen atoms in total. The molecule has 0 radical (unpaired) electrons. The van der Waals surface area contributed by atoms with Crippen molar-refractivity contribution in [2.45, 2.75) is 19.4 Å². The lowest BCUT2D eigenvalue weighted by atomic mass is 10.1. The molecule has 0 spiro atoms. The molecule has 1 fully saturated rings. The Morgan fingerprint density at radius 2 is 1.96 bits per heavy atom. The third kappa shape index (κ3) is 3.91. The zero-order valence-electron chi connectivity index (χ0n) is 15.3. The first kappa shape index (κ1) is 18.2. The van der Waals surface area contributed by atoms with E-state index in [4.69, 9.17) is 4.74 Å². The van der Waals surface area contributed by atoms with Crippen LogP contribution >= 0.6 is 0 Å². The van der Waals surface area contributed by atoms with Gasteiger partial charge in [-0.3, -0.25) is 9.78 Å². The van der Waals surface area contributed by atoms with Gasteiger partial charge in [-0.15, -0.1) is 0 Å². The van der Waals surface area contributed by atoms with Crippen molar-refractivity contribution in [3.63, 3.8) is 0 Å². The third-order valence-corrected chi connectivity index (χ3v) is 4.71. The predicted octanol–water partition coefficient (Wildman–Crippen LogP) is 2.72. The Labute approximate surface area is 161 Å². The summed E-state index contributed by atoms with van der Waals surface area (Å²) in [7, 11) is 0. The van der Waals surface area contributed by atoms with Gasteiger partial charge in [0.15, 0.2) is 5.69 Å². The Hall–Kier alpha value is -3.13. The van der Waals surface area contributed by atoms with Crippen molar-refractivity contribution in [1.82, 2.24) is 20.2 Å². The number of aromatic nitrogens is 3. The molecule has 0 aliphatic carbocycles. The lowest BCUT2D eigenvalue weighted by Crippen LogP contribution is -2.42. The van der Waals surface area contributed by atoms with Gasteiger partial charge < -0.3 is 9.64 Å². The maximum Gasteiger partial charge on any atom is 0.278 e. The molecular formula is C20H19FN4O3. The highest BCUT2D eigenvalue weighted by atomic mass is 19.1. The summed E-state index contributed by atoms with van der Waals surface area (Å²) in [5.74, 6) is -0.470. The van der Waals surface area contributed by atoms with Gasteiger partial charge in [-0.25, -0.2) is 9.02 Å². The minimum atomic E-state index is -0.308. The molecule has 1 aliphatic heterocycles. The first-order chi connectivity index (χ1) is 13.6. The molecule has 1 aliphatic rings. The van der Waals surface area contributed by atoms with Crippen molar-refractivity contribution in [2.24, 2.45) is 0 Å². The fraction of sp³-hybridized carbons (Fsp3) is 0.300. The predicted molar refractivity (Wildman–Crippen MR) is 97.1 cm³/mol. The normalized spacial score (nSPS) is 16.9. The van der Waals surface area contributed by atoms with Crippen LogP contribution in [0.25, 0.3) is 0 Å². The van der Waals surface area contributed by atoms with Crippen molar-refractivity contribution in [3.8, 4) is 0 Å². The Kier molecular flexibility index (Phi) is 5.12. The SMILES string of the molecule is Cc1nonc1C(=O)N1CCO[C@@H](c2ccc(Cc3ccc(F)cc3)cn2)C1. The van der Waals surface area contributed by atoms with Crippen molar-refractivity contribution < 1.29 is 18.6 Å². The maximum atomic E-state index is 13.0. The lowest BCUT2D eigenvalue weighted by molar-refractivity contribution is -0.0250. The van der Waals surface area contributed by atoms with Crippen LogP contribution in [-0.4, -0.2) is 45.8 Å². The second-order valence-electron chi connectivity index (χ2n) is 6.70. The highest BCUT2D eigenvalue weighted by Crippen LogP contribution is 2.22. The number of carbonyl (C=O) groups is 1. The summed E-state index contributed by atoms with van der Waals surface area (Å²) < 4.78 is 23.4. The molecule has 0 saturated carbocycles. The van der Waals surface area contributed by atoms with E-state index in [1.165, 1.54) is 12.1 Å². The topological polar surface area (TPSA) is 81.4 Å². The highest BCUT2D eigenvalue weighted by molar-refractivity contribution is 5.93. The fourth-order valence-corrected chi connectivity index (χ4v) is 3.16. The number of amides is 1. The number of ether oxygens (including phenoxy) is 1. The molecule has 0 N–H and O–H groups in total. The van der Waals surface area contributed by atoms with Crippen LogP contribution in [0, 0.1) is 12.7 Å². The van der Waals surface area contributed by atoms with Crippen molar-refractivity contribution >= 4 is 5.91 Å². The van der Waals surface area contributed by atoms with Gasteiger partial charge in [0.1, 0.15) is 17.6 Å². The van der Waals surface area contributed by atoms with Crippen LogP contribution in [0.15, 0.2) is 47.2 Å². The van der Waals surface area contributed by atoms with E-state index in [2.05, 4.69) is 19.9 Å². The van der Waals surface area contributed by atoms with Crippen LogP contribution in [0.2, 0.25) is 0 Å². The van der Waals surface area contributed by atoms with E-state index >= 15 is 0 Å². The molecule has 2 aromatic heterocycles. The first-order valence-corrected chi connectivity index (χ1v) is 8.99. The number of pyridine rings is 1. The molecule has 8 heteroatoms. The van der Waals surface area contributed by atoms with E-state index < -0.39 is 0 Å². The number of benzene rings is 1. The van der Waals surface area contributed by atoms with E-state index in [9.17, 15) is 9.18 Å². The molecule has 1 aromatic carbocycles. The number of nitrogens with zero attached hydrogens (tertiary/aromatic N) is 4. The lowest BCUT2D eigenvalue weighted by Gasteiger charge is -2.32. The van der Waals surface area contributed by atoms with Crippen LogP contribution in [0.1, 0.15) is 39.1 Å². The summed E-state index contributed by atoms with van der Waals surface area (Å²) in [5, 5.41) is 7.35. The van der Waals surface area contributed by atoms with Crippen LogP contribution in [0.5, 0.6) is 0 Å². The molecule has 0 unspecified atom stereocenters. The molecule has 28 heavy (non-hydrogen) atoms. The Balaban J connectivity index is 1.43. The number of morpholine rings is 1. The van der Waals surface area contributed by atoms with Gasteiger partial charge in [-0.2, -0.15) is 0 Å². The molecule has 144 valence electrons. The van der Waals surface area contributed by atoms with E-state index in [0.717, 1.165) is 16.8 Å². The Morgan fingerprint density at radius 3 is 2.64 bits per heavy atom. The Bertz CT molecular complexity index is 956. The van der Waals surface area contributed by atoms with Gasteiger partial charge in [-0.1, -0.05) is 23.4 Å². The molecule has 1 saturated heterocycles. The summed E-state index contributed by atoms with van der Waals surface area (Å²) in [5.41, 5.74) is 3.48. The number of aryl methyl sites for hydroxylation is 1. The van der Waals surface area contributed by atoms with Crippen molar-refractivity contribution in [2.75, 3.05) is 19.7 Å². The van der Waals surface area contributed by atoms with E-state index in [1.807, 2.05) is 12.1 Å². The number of hydrogen-bond acceptors (Lipinski definition) is 6. The molecule has 1 atom stereocenters. The standard InChI is InChI=1S/C20H19FN4O3/c1-13-19(24-28-23-13)20(26)25-8-9-27-18(12-25)17-7-4-15(11-22-17)10-14-2-5-16(21)6-3-14/h2-7,11,18H,8-10,12H2,1H3/t18-/m1/s1. The van der Waals surface area contributed by atoms with Gasteiger partial charge in [0.2, 0.25) is 0 Å². The van der Waals surface area contributed by atoms with Gasteiger partial charge >= 0.3 is 0 Å². The average Bonchev–Trinajstić information content (AvgIpc) is 3.16. The average molecular weight is 382 g/mol. The second kappa shape index (κ2) is 7.85. The van der Waals surface area contributed by atoms with Gasteiger partial charge in [-0.05, 0) is 47.8 Å². The molecule has 4 rings (SSSR count). The number of halogens is 1. The van der Waals surface area contributed by atoms with Gasteiger partial charge in [0, 0.05) is 12.7 Å². The van der Waals surface area contributed by atoms with E-state index in [1.54, 1.807) is 30.2 Å². The van der Waals surface area contributed by atoms with Crippen LogP contribution in [0.4, 0.5) is 4.39 Å². The van der Waals surface area contributed by atoms with E-state index in [0.29, 0.717) is 31.8 Å². The third-order valence-electron chi connectivity index (χ3n) is 4.71. The number of carbonyl (C=O) groups excluding carboxylic acids is 1. The zero-order chi connectivity index (χ0) is 19.5. The smallest absolute Gasteiger partial charge is 0.278 e. The first-order valence-electron chi connectivity index (χ1n) is 8.99. The Morgan fingerprint density at radius 1 is 1.18 bits per heavy atom. The van der Waals surface area contributed by atoms with E-state index in [-0.39, 0.29) is 23.5 Å². The summed E-state index contributed by atoms with van der Waals surface area (Å²) in [6.45, 7) is 2.96. The fourth-order valence-electron chi connectivity index (χ4n) is 3.16. The van der Waals surface area contributed by atoms with Crippen LogP contribution < -0.4 is 0 Å². The van der Waals surface area contributed by atoms with Crippen molar-refractivity contribution in [1.29, 1.82) is 0 Å². The minimum absolute atomic E-state index is 0.222. The highest BCUT2D eigenvalue weighted by Gasteiger charge is 2.29. The van der Waals surface area contributed by atoms with Crippen LogP contribution in [-0.2, 0) is 11.2 Å². The second-order valence-corrected chi connectivity index (χ2v) is 6.70. The van der Waals surface area contributed by atoms with Gasteiger partial charge in [0.05, 0.1) is 18.8 Å². The van der Waals surface area contributed by atoms with Crippen molar-refractivity contribution in [3.05, 3.63) is 76.6 Å². The molecule has 0 bridgehead atoms. The quantitative estimate of drug-likeness (QED) is 0.690. The molecule has 3 heterocycles. The largest absolute Gasteiger partial charge is 0.368 e. The van der Waals surface area contributed by atoms with Gasteiger partial charge in [0.25, 0.3) is 5.91 Å². The minimum Gasteiger partial charge on any atom is -0.368 e. The summed E-state index contributed by atoms with van der Waals surface area (Å²) in [6.07, 6.45) is 2.15. The molecular weight excluding hydrogens is 363 g/mol. The maximum absolute atomic E-state index is 13.0. The van der Waals surface area contributed by atoms with Crippen LogP contribution in [0.3, 0.4) is 0 Å². The summed E-state index contributed by atoms with van der Waals surface area (Å²) in [4.78, 5) is 18.8. The number of rotatable bonds is 4. The molecule has 3 aromatic rings. The summed E-state index contributed by atoms with van der Waals surface area (Å²) >= 11 is 0. The molecule has 1 amide bonds. The summed E-state index contributed by atoms with van der Waals surface area (Å²) in [6, 6.07) is 10.3. The monoisotopic (exact) mass is 382 g/mol. The zero-order valence-corrected chi connectivity index (χ0v) is 15.3. The number of hydrogen-bond donors (Lipinski definition) is 0.